The fourth-order valence-electron chi connectivity index (χ4n) is 2.42. The third-order valence-electron chi connectivity index (χ3n) is 3.62. The van der Waals surface area contributed by atoms with Gasteiger partial charge >= 0.3 is 5.97 Å². The van der Waals surface area contributed by atoms with E-state index in [0.717, 1.165) is 12.8 Å². The van der Waals surface area contributed by atoms with E-state index in [1.807, 2.05) is 0 Å². The molecule has 8 heteroatoms. The van der Waals surface area contributed by atoms with Gasteiger partial charge in [0.2, 0.25) is 10.0 Å². The van der Waals surface area contributed by atoms with Gasteiger partial charge in [0.25, 0.3) is 0 Å². The molecule has 1 N–H and O–H groups in total. The van der Waals surface area contributed by atoms with Gasteiger partial charge in [0, 0.05) is 32.9 Å². The molecule has 1 atom stereocenters. The molecule has 1 aromatic heterocycles. The Morgan fingerprint density at radius 1 is 1.57 bits per heavy atom. The summed E-state index contributed by atoms with van der Waals surface area (Å²) in [5.74, 6) is -1.14. The third-order valence-corrected chi connectivity index (χ3v) is 5.41. The fourth-order valence-corrected chi connectivity index (χ4v) is 3.66. The molecule has 1 saturated heterocycles. The van der Waals surface area contributed by atoms with Crippen LogP contribution in [0, 0.1) is 0 Å². The van der Waals surface area contributed by atoms with E-state index in [1.54, 1.807) is 6.92 Å². The minimum absolute atomic E-state index is 0.00208. The number of nitrogens with zero attached hydrogens (tertiary/aromatic N) is 2. The molecule has 7 nitrogen and oxygen atoms in total. The first-order valence-corrected chi connectivity index (χ1v) is 8.31. The molecule has 0 aromatic carbocycles. The highest BCUT2D eigenvalue weighted by molar-refractivity contribution is 7.89. The highest BCUT2D eigenvalue weighted by atomic mass is 32.2. The summed E-state index contributed by atoms with van der Waals surface area (Å²) in [5.41, 5.74) is -0.0263. The maximum absolute atomic E-state index is 12.5. The van der Waals surface area contributed by atoms with Crippen LogP contribution >= 0.6 is 0 Å². The molecule has 1 unspecified atom stereocenters. The van der Waals surface area contributed by atoms with E-state index in [9.17, 15) is 13.2 Å². The first-order chi connectivity index (χ1) is 9.86. The van der Waals surface area contributed by atoms with E-state index in [2.05, 4.69) is 0 Å². The molecular weight excluding hydrogens is 296 g/mol. The van der Waals surface area contributed by atoms with Crippen molar-refractivity contribution in [2.75, 3.05) is 20.2 Å². The number of aromatic nitrogens is 1. The van der Waals surface area contributed by atoms with Gasteiger partial charge in [-0.1, -0.05) is 0 Å². The number of rotatable bonds is 6. The fraction of sp³-hybridized carbons (Fsp3) is 0.615. The van der Waals surface area contributed by atoms with Crippen LogP contribution in [0.1, 0.15) is 30.3 Å². The Balaban J connectivity index is 2.23. The quantitative estimate of drug-likeness (QED) is 0.846. The molecule has 1 fully saturated rings. The van der Waals surface area contributed by atoms with Crippen LogP contribution in [-0.2, 0) is 21.3 Å². The van der Waals surface area contributed by atoms with Gasteiger partial charge in [-0.25, -0.2) is 13.2 Å². The first kappa shape index (κ1) is 16.0. The molecule has 0 spiro atoms. The van der Waals surface area contributed by atoms with Gasteiger partial charge in [-0.2, -0.15) is 4.31 Å². The number of likely N-dealkylation sites (N-methyl/N-ethyl adjacent to an activating group) is 1. The van der Waals surface area contributed by atoms with E-state index >= 15 is 0 Å². The van der Waals surface area contributed by atoms with Crippen LogP contribution in [0.5, 0.6) is 0 Å². The molecule has 0 bridgehead atoms. The Hall–Kier alpha value is -1.38. The number of hydrogen-bond acceptors (Lipinski definition) is 4. The average molecular weight is 316 g/mol. The predicted molar refractivity (Wildman–Crippen MR) is 75.9 cm³/mol. The molecule has 2 heterocycles. The monoisotopic (exact) mass is 316 g/mol. The number of aromatic carboxylic acids is 1. The van der Waals surface area contributed by atoms with Gasteiger partial charge in [-0.3, -0.25) is 0 Å². The zero-order valence-electron chi connectivity index (χ0n) is 12.2. The first-order valence-electron chi connectivity index (χ1n) is 6.87. The van der Waals surface area contributed by atoms with Crippen molar-refractivity contribution in [3.63, 3.8) is 0 Å². The van der Waals surface area contributed by atoms with E-state index in [4.69, 9.17) is 9.84 Å². The van der Waals surface area contributed by atoms with Crippen LogP contribution in [0.2, 0.25) is 0 Å². The topological polar surface area (TPSA) is 88.8 Å². The van der Waals surface area contributed by atoms with Crippen molar-refractivity contribution in [3.05, 3.63) is 18.0 Å². The summed E-state index contributed by atoms with van der Waals surface area (Å²) in [4.78, 5) is 11.1. The van der Waals surface area contributed by atoms with Gasteiger partial charge in [-0.05, 0) is 25.8 Å². The lowest BCUT2D eigenvalue weighted by molar-refractivity contribution is 0.0685. The van der Waals surface area contributed by atoms with Crippen LogP contribution in [0.25, 0.3) is 0 Å². The second-order valence-electron chi connectivity index (χ2n) is 5.07. The zero-order chi connectivity index (χ0) is 15.6. The molecular formula is C13H20N2O5S. The highest BCUT2D eigenvalue weighted by Gasteiger charge is 2.28. The van der Waals surface area contributed by atoms with Crippen molar-refractivity contribution in [3.8, 4) is 0 Å². The van der Waals surface area contributed by atoms with Crippen LogP contribution in [0.4, 0.5) is 0 Å². The Morgan fingerprint density at radius 3 is 2.76 bits per heavy atom. The van der Waals surface area contributed by atoms with E-state index in [-0.39, 0.29) is 23.2 Å². The third kappa shape index (κ3) is 3.28. The van der Waals surface area contributed by atoms with Crippen molar-refractivity contribution in [1.29, 1.82) is 0 Å². The second-order valence-corrected chi connectivity index (χ2v) is 7.12. The largest absolute Gasteiger partial charge is 0.477 e. The molecule has 2 rings (SSSR count). The zero-order valence-corrected chi connectivity index (χ0v) is 13.0. The summed E-state index contributed by atoms with van der Waals surface area (Å²) in [5, 5.41) is 9.09. The molecule has 118 valence electrons. The Bertz CT molecular complexity index is 617. The van der Waals surface area contributed by atoms with Crippen molar-refractivity contribution in [1.82, 2.24) is 8.87 Å². The van der Waals surface area contributed by atoms with Crippen LogP contribution < -0.4 is 0 Å². The van der Waals surface area contributed by atoms with E-state index < -0.39 is 16.0 Å². The molecule has 21 heavy (non-hydrogen) atoms. The lowest BCUT2D eigenvalue weighted by Crippen LogP contribution is -2.33. The summed E-state index contributed by atoms with van der Waals surface area (Å²) in [6.45, 7) is 3.10. The number of aryl methyl sites for hydroxylation is 1. The van der Waals surface area contributed by atoms with Crippen molar-refractivity contribution < 1.29 is 23.1 Å². The van der Waals surface area contributed by atoms with Crippen LogP contribution in [0.15, 0.2) is 17.2 Å². The Kier molecular flexibility index (Phi) is 4.70. The lowest BCUT2D eigenvalue weighted by atomic mass is 10.2. The normalized spacial score (nSPS) is 19.3. The number of carboxylic acid groups (broad SMARTS) is 1. The summed E-state index contributed by atoms with van der Waals surface area (Å²) < 4.78 is 33.1. The van der Waals surface area contributed by atoms with Crippen LogP contribution in [0.3, 0.4) is 0 Å². The van der Waals surface area contributed by atoms with E-state index in [0.29, 0.717) is 13.2 Å². The van der Waals surface area contributed by atoms with Gasteiger partial charge in [-0.15, -0.1) is 0 Å². The van der Waals surface area contributed by atoms with Crippen molar-refractivity contribution in [2.45, 2.75) is 37.3 Å². The second kappa shape index (κ2) is 6.17. The Morgan fingerprint density at radius 2 is 2.29 bits per heavy atom. The molecule has 0 aliphatic carbocycles. The smallest absolute Gasteiger partial charge is 0.352 e. The average Bonchev–Trinajstić information content (AvgIpc) is 3.06. The Labute approximate surface area is 124 Å². The van der Waals surface area contributed by atoms with E-state index in [1.165, 1.54) is 28.2 Å². The SMILES string of the molecule is CCn1cc(S(=O)(=O)N(C)CC2CCCO2)cc1C(=O)O. The summed E-state index contributed by atoms with van der Waals surface area (Å²) >= 11 is 0. The summed E-state index contributed by atoms with van der Waals surface area (Å²) in [7, 11) is -2.22. The summed E-state index contributed by atoms with van der Waals surface area (Å²) in [6, 6.07) is 1.20. The molecule has 0 amide bonds. The maximum Gasteiger partial charge on any atom is 0.352 e. The van der Waals surface area contributed by atoms with Crippen LogP contribution in [-0.4, -0.2) is 54.7 Å². The van der Waals surface area contributed by atoms with Gasteiger partial charge in [0.1, 0.15) is 10.6 Å². The summed E-state index contributed by atoms with van der Waals surface area (Å²) in [6.07, 6.45) is 3.06. The van der Waals surface area contributed by atoms with Crippen molar-refractivity contribution >= 4 is 16.0 Å². The molecule has 1 aromatic rings. The number of hydrogen-bond donors (Lipinski definition) is 1. The molecule has 1 aliphatic rings. The highest BCUT2D eigenvalue weighted by Crippen LogP contribution is 2.21. The predicted octanol–water partition coefficient (Wildman–Crippen LogP) is 1.01. The number of carbonyl (C=O) groups is 1. The number of carboxylic acids is 1. The maximum atomic E-state index is 12.5. The number of sulfonamides is 1. The molecule has 0 saturated carbocycles. The lowest BCUT2D eigenvalue weighted by Gasteiger charge is -2.19. The standard InChI is InChI=1S/C13H20N2O5S/c1-3-15-9-11(7-12(15)13(16)17)21(18,19)14(2)8-10-5-4-6-20-10/h7,9-10H,3-6,8H2,1-2H3,(H,16,17). The van der Waals surface area contributed by atoms with Gasteiger partial charge in [0.05, 0.1) is 6.10 Å². The van der Waals surface area contributed by atoms with Gasteiger partial charge in [0.15, 0.2) is 0 Å². The minimum atomic E-state index is -3.70. The minimum Gasteiger partial charge on any atom is -0.477 e. The van der Waals surface area contributed by atoms with Gasteiger partial charge < -0.3 is 14.4 Å². The van der Waals surface area contributed by atoms with Crippen molar-refractivity contribution in [2.24, 2.45) is 0 Å². The molecule has 0 radical (unpaired) electrons. The number of ether oxygens (including phenoxy) is 1. The molecule has 1 aliphatic heterocycles.